The van der Waals surface area contributed by atoms with Gasteiger partial charge in [0.2, 0.25) is 5.91 Å². The maximum absolute atomic E-state index is 12.1. The van der Waals surface area contributed by atoms with Crippen LogP contribution in [0.25, 0.3) is 0 Å². The number of amides is 1. The third-order valence-corrected chi connectivity index (χ3v) is 4.17. The minimum absolute atomic E-state index is 0.200. The van der Waals surface area contributed by atoms with Crippen LogP contribution in [0.2, 0.25) is 0 Å². The number of hydrogen-bond acceptors (Lipinski definition) is 3. The molecule has 0 saturated heterocycles. The Morgan fingerprint density at radius 2 is 2.00 bits per heavy atom. The second-order valence-corrected chi connectivity index (χ2v) is 5.47. The Bertz CT molecular complexity index is 511. The molecule has 0 unspecified atom stereocenters. The lowest BCUT2D eigenvalue weighted by atomic mass is 10.1. The monoisotopic (exact) mass is 258 g/mol. The molecule has 0 saturated carbocycles. The molecule has 0 fully saturated rings. The van der Waals surface area contributed by atoms with Crippen LogP contribution < -0.4 is 0 Å². The Balaban J connectivity index is 1.56. The van der Waals surface area contributed by atoms with Gasteiger partial charge in [0.15, 0.2) is 0 Å². The van der Waals surface area contributed by atoms with E-state index in [1.165, 1.54) is 11.1 Å². The molecule has 0 spiro atoms. The van der Waals surface area contributed by atoms with Crippen molar-refractivity contribution < 1.29 is 4.79 Å². The second kappa shape index (κ2) is 4.98. The van der Waals surface area contributed by atoms with Gasteiger partial charge in [-0.3, -0.25) is 9.79 Å². The average molecular weight is 258 g/mol. The predicted octanol–water partition coefficient (Wildman–Crippen LogP) is 2.58. The van der Waals surface area contributed by atoms with Crippen molar-refractivity contribution in [3.05, 3.63) is 47.7 Å². The van der Waals surface area contributed by atoms with Crippen LogP contribution in [0.3, 0.4) is 0 Å². The number of fused-ring (bicyclic) bond motifs is 1. The van der Waals surface area contributed by atoms with Crippen molar-refractivity contribution in [2.75, 3.05) is 5.75 Å². The maximum Gasteiger partial charge on any atom is 0.233 e. The van der Waals surface area contributed by atoms with Crippen molar-refractivity contribution in [2.24, 2.45) is 4.99 Å². The molecular formula is C14H14N2OS. The number of carbonyl (C=O) groups excluding carboxylic acids is 1. The molecule has 0 aliphatic carbocycles. The lowest BCUT2D eigenvalue weighted by Crippen LogP contribution is -2.27. The standard InChI is InChI=1S/C14H14N2OS/c17-14(10-18-13-6-3-7-15-13)16-8-11-4-1-2-5-12(11)9-16/h1-5,7H,6,8-10H2. The Labute approximate surface area is 111 Å². The van der Waals surface area contributed by atoms with Gasteiger partial charge in [0.1, 0.15) is 0 Å². The van der Waals surface area contributed by atoms with E-state index in [2.05, 4.69) is 17.1 Å². The van der Waals surface area contributed by atoms with Gasteiger partial charge in [-0.25, -0.2) is 0 Å². The van der Waals surface area contributed by atoms with Crippen LogP contribution in [0.15, 0.2) is 41.5 Å². The summed E-state index contributed by atoms with van der Waals surface area (Å²) in [5.41, 5.74) is 2.55. The van der Waals surface area contributed by atoms with Gasteiger partial charge in [-0.1, -0.05) is 30.3 Å². The minimum Gasteiger partial charge on any atom is -0.333 e. The third-order valence-electron chi connectivity index (χ3n) is 3.17. The minimum atomic E-state index is 0.200. The summed E-state index contributed by atoms with van der Waals surface area (Å²) >= 11 is 1.55. The summed E-state index contributed by atoms with van der Waals surface area (Å²) < 4.78 is 0. The second-order valence-electron chi connectivity index (χ2n) is 4.42. The normalized spacial score (nSPS) is 16.9. The van der Waals surface area contributed by atoms with Gasteiger partial charge in [-0.05, 0) is 11.1 Å². The zero-order valence-corrected chi connectivity index (χ0v) is 10.8. The third kappa shape index (κ3) is 2.34. The molecule has 0 bridgehead atoms. The van der Waals surface area contributed by atoms with Gasteiger partial charge < -0.3 is 4.90 Å². The van der Waals surface area contributed by atoms with E-state index in [1.54, 1.807) is 18.0 Å². The van der Waals surface area contributed by atoms with E-state index in [1.807, 2.05) is 23.1 Å². The summed E-state index contributed by atoms with van der Waals surface area (Å²) in [5, 5.41) is 1.04. The fourth-order valence-electron chi connectivity index (χ4n) is 2.18. The number of carbonyl (C=O) groups is 1. The highest BCUT2D eigenvalue weighted by atomic mass is 32.2. The smallest absolute Gasteiger partial charge is 0.233 e. The molecule has 0 radical (unpaired) electrons. The van der Waals surface area contributed by atoms with Crippen molar-refractivity contribution in [2.45, 2.75) is 19.5 Å². The molecule has 1 aromatic carbocycles. The van der Waals surface area contributed by atoms with Gasteiger partial charge >= 0.3 is 0 Å². The molecule has 1 amide bonds. The van der Waals surface area contributed by atoms with Gasteiger partial charge in [0.25, 0.3) is 0 Å². The predicted molar refractivity (Wildman–Crippen MR) is 74.3 cm³/mol. The number of benzene rings is 1. The van der Waals surface area contributed by atoms with E-state index in [0.29, 0.717) is 5.75 Å². The largest absolute Gasteiger partial charge is 0.333 e. The summed E-state index contributed by atoms with van der Waals surface area (Å²) in [5.74, 6) is 0.694. The van der Waals surface area contributed by atoms with Crippen LogP contribution in [0.4, 0.5) is 0 Å². The van der Waals surface area contributed by atoms with Crippen LogP contribution >= 0.6 is 11.8 Å². The summed E-state index contributed by atoms with van der Waals surface area (Å²) in [4.78, 5) is 18.2. The van der Waals surface area contributed by atoms with E-state index in [4.69, 9.17) is 0 Å². The van der Waals surface area contributed by atoms with E-state index < -0.39 is 0 Å². The van der Waals surface area contributed by atoms with Crippen molar-refractivity contribution in [3.8, 4) is 0 Å². The fraction of sp³-hybridized carbons (Fsp3) is 0.286. The maximum atomic E-state index is 12.1. The Kier molecular flexibility index (Phi) is 3.19. The van der Waals surface area contributed by atoms with E-state index in [0.717, 1.165) is 24.6 Å². The number of aliphatic imine (C=N–C) groups is 1. The average Bonchev–Trinajstić information content (AvgIpc) is 3.04. The lowest BCUT2D eigenvalue weighted by Gasteiger charge is -2.14. The lowest BCUT2D eigenvalue weighted by molar-refractivity contribution is -0.128. The van der Waals surface area contributed by atoms with Crippen molar-refractivity contribution in [1.82, 2.24) is 4.90 Å². The van der Waals surface area contributed by atoms with Crippen LogP contribution in [0, 0.1) is 0 Å². The van der Waals surface area contributed by atoms with Gasteiger partial charge in [-0.15, -0.1) is 11.8 Å². The van der Waals surface area contributed by atoms with Gasteiger partial charge in [-0.2, -0.15) is 0 Å². The first kappa shape index (κ1) is 11.5. The summed E-state index contributed by atoms with van der Waals surface area (Å²) in [6.07, 6.45) is 4.69. The van der Waals surface area contributed by atoms with Crippen molar-refractivity contribution in [1.29, 1.82) is 0 Å². The Morgan fingerprint density at radius 1 is 1.28 bits per heavy atom. The molecule has 4 heteroatoms. The van der Waals surface area contributed by atoms with Crippen molar-refractivity contribution in [3.63, 3.8) is 0 Å². The fourth-order valence-corrected chi connectivity index (χ4v) is 3.01. The van der Waals surface area contributed by atoms with E-state index in [9.17, 15) is 4.79 Å². The van der Waals surface area contributed by atoms with Gasteiger partial charge in [0.05, 0.1) is 10.8 Å². The topological polar surface area (TPSA) is 32.7 Å². The summed E-state index contributed by atoms with van der Waals surface area (Å²) in [7, 11) is 0. The Hall–Kier alpha value is -1.55. The first-order valence-electron chi connectivity index (χ1n) is 6.02. The quantitative estimate of drug-likeness (QED) is 0.816. The van der Waals surface area contributed by atoms with Crippen LogP contribution in [0.1, 0.15) is 17.5 Å². The van der Waals surface area contributed by atoms with Crippen molar-refractivity contribution >= 4 is 22.7 Å². The first-order chi connectivity index (χ1) is 8.83. The molecule has 0 N–H and O–H groups in total. The molecule has 3 nitrogen and oxygen atoms in total. The number of rotatable bonds is 2. The molecule has 2 heterocycles. The molecule has 2 aliphatic rings. The molecule has 0 atom stereocenters. The highest BCUT2D eigenvalue weighted by molar-refractivity contribution is 8.14. The number of hydrogen-bond donors (Lipinski definition) is 0. The first-order valence-corrected chi connectivity index (χ1v) is 7.00. The molecule has 3 rings (SSSR count). The van der Waals surface area contributed by atoms with E-state index in [-0.39, 0.29) is 5.91 Å². The number of nitrogens with zero attached hydrogens (tertiary/aromatic N) is 2. The molecular weight excluding hydrogens is 244 g/mol. The van der Waals surface area contributed by atoms with Crippen LogP contribution in [0.5, 0.6) is 0 Å². The number of thioether (sulfide) groups is 1. The molecule has 92 valence electrons. The number of allylic oxidation sites excluding steroid dienone is 1. The van der Waals surface area contributed by atoms with Crippen LogP contribution in [-0.4, -0.2) is 21.6 Å². The molecule has 2 aliphatic heterocycles. The molecule has 0 aromatic heterocycles. The molecule has 18 heavy (non-hydrogen) atoms. The van der Waals surface area contributed by atoms with Gasteiger partial charge in [0, 0.05) is 25.7 Å². The SMILES string of the molecule is O=C(CSC1=NC=CC1)N1Cc2ccccc2C1. The highest BCUT2D eigenvalue weighted by Crippen LogP contribution is 2.23. The summed E-state index contributed by atoms with van der Waals surface area (Å²) in [6, 6.07) is 8.25. The zero-order valence-electron chi connectivity index (χ0n) is 10.0. The Morgan fingerprint density at radius 3 is 2.61 bits per heavy atom. The van der Waals surface area contributed by atoms with Crippen LogP contribution in [-0.2, 0) is 17.9 Å². The summed E-state index contributed by atoms with van der Waals surface area (Å²) in [6.45, 7) is 1.50. The zero-order chi connectivity index (χ0) is 12.4. The van der Waals surface area contributed by atoms with E-state index >= 15 is 0 Å². The molecule has 1 aromatic rings. The highest BCUT2D eigenvalue weighted by Gasteiger charge is 2.22.